The molecular weight excluding hydrogens is 544 g/mol. The number of halogens is 3. The van der Waals surface area contributed by atoms with E-state index in [1.165, 1.54) is 11.3 Å². The number of thiophene rings is 1. The summed E-state index contributed by atoms with van der Waals surface area (Å²) in [5, 5.41) is 3.05. The van der Waals surface area contributed by atoms with Gasteiger partial charge in [-0.15, -0.1) is 23.7 Å². The lowest BCUT2D eigenvalue weighted by molar-refractivity contribution is -0.123. The number of ketones is 1. The van der Waals surface area contributed by atoms with Crippen LogP contribution in [-0.2, 0) is 11.3 Å². The summed E-state index contributed by atoms with van der Waals surface area (Å²) in [6, 6.07) is 5.73. The molecule has 1 N–H and O–H groups in total. The number of nitrogens with one attached hydrogen (secondary N) is 1. The number of hydrogen-bond acceptors (Lipinski definition) is 6. The largest absolute Gasteiger partial charge is 0.348 e. The molecule has 0 saturated carbocycles. The first-order valence-electron chi connectivity index (χ1n) is 9.16. The first-order chi connectivity index (χ1) is 13.5. The van der Waals surface area contributed by atoms with Gasteiger partial charge < -0.3 is 5.32 Å². The molecule has 1 fully saturated rings. The number of aromatic nitrogens is 1. The van der Waals surface area contributed by atoms with E-state index in [1.54, 1.807) is 0 Å². The molecule has 1 amide bonds. The lowest BCUT2D eigenvalue weighted by Gasteiger charge is -2.34. The number of pyridine rings is 1. The molecule has 4 rings (SSSR count). The van der Waals surface area contributed by atoms with E-state index in [0.29, 0.717) is 18.5 Å². The number of carbonyl (C=O) groups is 2. The van der Waals surface area contributed by atoms with Gasteiger partial charge in [0.15, 0.2) is 5.78 Å². The second-order valence-corrected chi connectivity index (χ2v) is 10.7. The van der Waals surface area contributed by atoms with E-state index < -0.39 is 0 Å². The molecule has 0 bridgehead atoms. The molecule has 2 aromatic rings. The first kappa shape index (κ1) is 22.8. The van der Waals surface area contributed by atoms with Crippen LogP contribution in [0.5, 0.6) is 0 Å². The minimum Gasteiger partial charge on any atom is -0.348 e. The van der Waals surface area contributed by atoms with Crippen LogP contribution in [0.2, 0.25) is 0 Å². The molecule has 156 valence electrons. The van der Waals surface area contributed by atoms with E-state index in [-0.39, 0.29) is 30.1 Å². The highest BCUT2D eigenvalue weighted by molar-refractivity contribution is 9.12. The Hall–Kier alpha value is -0.840. The highest BCUT2D eigenvalue weighted by Gasteiger charge is 2.36. The predicted molar refractivity (Wildman–Crippen MR) is 123 cm³/mol. The van der Waals surface area contributed by atoms with Crippen molar-refractivity contribution in [2.45, 2.75) is 19.0 Å². The second-order valence-electron chi connectivity index (χ2n) is 7.06. The number of piperazine rings is 1. The Morgan fingerprint density at radius 2 is 1.90 bits per heavy atom. The fourth-order valence-corrected chi connectivity index (χ4v) is 7.11. The van der Waals surface area contributed by atoms with Crippen LogP contribution in [0, 0.1) is 0 Å². The zero-order chi connectivity index (χ0) is 19.7. The van der Waals surface area contributed by atoms with Crippen molar-refractivity contribution in [3.8, 4) is 0 Å². The predicted octanol–water partition coefficient (Wildman–Crippen LogP) is 3.65. The molecule has 1 aliphatic carbocycles. The molecule has 0 radical (unpaired) electrons. The van der Waals surface area contributed by atoms with Crippen LogP contribution in [0.1, 0.15) is 34.1 Å². The van der Waals surface area contributed by atoms with Gasteiger partial charge in [0.05, 0.1) is 25.9 Å². The summed E-state index contributed by atoms with van der Waals surface area (Å²) in [5.41, 5.74) is 2.70. The first-order valence-corrected chi connectivity index (χ1v) is 11.6. The Kier molecular flexibility index (Phi) is 7.86. The van der Waals surface area contributed by atoms with Crippen LogP contribution in [0.3, 0.4) is 0 Å². The fraction of sp³-hybridized carbons (Fsp3) is 0.421. The van der Waals surface area contributed by atoms with Crippen LogP contribution in [0.4, 0.5) is 0 Å². The zero-order valence-electron chi connectivity index (χ0n) is 15.6. The van der Waals surface area contributed by atoms with Crippen LogP contribution in [-0.4, -0.2) is 59.2 Å². The van der Waals surface area contributed by atoms with Crippen molar-refractivity contribution < 1.29 is 9.59 Å². The van der Waals surface area contributed by atoms with Crippen LogP contribution in [0.25, 0.3) is 0 Å². The minimum absolute atomic E-state index is 0. The molecule has 2 aromatic heterocycles. The smallest absolute Gasteiger partial charge is 0.234 e. The standard InChI is InChI=1S/C19H20Br2N4O2S.ClH/c20-18-16-13(9-14(26)17(16)19(21)28-18)23-15(27)11-25-7-5-24(6-8-25)10-12-3-1-2-4-22-12;/h1-4,13H,5-11H2,(H,23,27);1H. The maximum absolute atomic E-state index is 12.6. The van der Waals surface area contributed by atoms with Crippen molar-refractivity contribution in [3.05, 3.63) is 48.8 Å². The molecule has 3 heterocycles. The molecule has 0 spiro atoms. The highest BCUT2D eigenvalue weighted by atomic mass is 79.9. The van der Waals surface area contributed by atoms with Crippen molar-refractivity contribution in [1.29, 1.82) is 0 Å². The van der Waals surface area contributed by atoms with Gasteiger partial charge in [-0.1, -0.05) is 6.07 Å². The SMILES string of the molecule is Cl.O=C(CN1CCN(Cc2ccccn2)CC1)NC1CC(=O)c2c(Br)sc(Br)c21. The van der Waals surface area contributed by atoms with Crippen molar-refractivity contribution >= 4 is 67.3 Å². The van der Waals surface area contributed by atoms with E-state index in [2.05, 4.69) is 52.0 Å². The summed E-state index contributed by atoms with van der Waals surface area (Å²) in [5.74, 6) is 0.0512. The summed E-state index contributed by atoms with van der Waals surface area (Å²) >= 11 is 8.45. The van der Waals surface area contributed by atoms with Gasteiger partial charge in [0.25, 0.3) is 0 Å². The summed E-state index contributed by atoms with van der Waals surface area (Å²) < 4.78 is 1.74. The Labute approximate surface area is 196 Å². The summed E-state index contributed by atoms with van der Waals surface area (Å²) in [4.78, 5) is 33.7. The molecule has 1 atom stereocenters. The molecule has 1 saturated heterocycles. The van der Waals surface area contributed by atoms with Gasteiger partial charge in [0.2, 0.25) is 5.91 Å². The number of carbonyl (C=O) groups excluding carboxylic acids is 2. The number of amides is 1. The molecule has 1 aliphatic heterocycles. The van der Waals surface area contributed by atoms with Crippen LogP contribution < -0.4 is 5.32 Å². The molecule has 0 aromatic carbocycles. The van der Waals surface area contributed by atoms with Gasteiger partial charge in [-0.2, -0.15) is 0 Å². The monoisotopic (exact) mass is 562 g/mol. The summed E-state index contributed by atoms with van der Waals surface area (Å²) in [7, 11) is 0. The van der Waals surface area contributed by atoms with E-state index in [0.717, 1.165) is 51.6 Å². The van der Waals surface area contributed by atoms with Gasteiger partial charge >= 0.3 is 0 Å². The van der Waals surface area contributed by atoms with Gasteiger partial charge in [-0.05, 0) is 44.0 Å². The fourth-order valence-electron chi connectivity index (χ4n) is 3.74. The van der Waals surface area contributed by atoms with Crippen LogP contribution in [0.15, 0.2) is 32.0 Å². The topological polar surface area (TPSA) is 65.5 Å². The van der Waals surface area contributed by atoms with Gasteiger partial charge in [-0.25, -0.2) is 0 Å². The average molecular weight is 565 g/mol. The molecule has 29 heavy (non-hydrogen) atoms. The maximum Gasteiger partial charge on any atom is 0.234 e. The van der Waals surface area contributed by atoms with E-state index >= 15 is 0 Å². The van der Waals surface area contributed by atoms with Crippen molar-refractivity contribution in [2.75, 3.05) is 32.7 Å². The average Bonchev–Trinajstić information content (AvgIpc) is 3.15. The molecule has 6 nitrogen and oxygen atoms in total. The number of Topliss-reactive ketones (excluding diaryl/α,β-unsaturated/α-hetero) is 1. The lowest BCUT2D eigenvalue weighted by Crippen LogP contribution is -2.49. The van der Waals surface area contributed by atoms with Gasteiger partial charge in [0.1, 0.15) is 0 Å². The van der Waals surface area contributed by atoms with Gasteiger partial charge in [0, 0.05) is 56.5 Å². The third-order valence-corrected chi connectivity index (χ3v) is 7.73. The quantitative estimate of drug-likeness (QED) is 0.601. The Balaban J connectivity index is 0.00000240. The van der Waals surface area contributed by atoms with Crippen LogP contribution >= 0.6 is 55.6 Å². The Morgan fingerprint density at radius 1 is 1.17 bits per heavy atom. The van der Waals surface area contributed by atoms with E-state index in [1.807, 2.05) is 24.4 Å². The number of rotatable bonds is 5. The minimum atomic E-state index is -0.239. The lowest BCUT2D eigenvalue weighted by atomic mass is 10.2. The zero-order valence-corrected chi connectivity index (χ0v) is 20.4. The second kappa shape index (κ2) is 9.98. The maximum atomic E-state index is 12.6. The third-order valence-electron chi connectivity index (χ3n) is 5.15. The molecule has 2 aliphatic rings. The summed E-state index contributed by atoms with van der Waals surface area (Å²) in [6.07, 6.45) is 2.15. The normalized spacial score (nSPS) is 19.7. The number of fused-ring (bicyclic) bond motifs is 1. The number of nitrogens with zero attached hydrogens (tertiary/aromatic N) is 3. The Bertz CT molecular complexity index is 888. The third kappa shape index (κ3) is 5.26. The Morgan fingerprint density at radius 3 is 2.59 bits per heavy atom. The molecule has 1 unspecified atom stereocenters. The van der Waals surface area contributed by atoms with E-state index in [9.17, 15) is 9.59 Å². The molecule has 10 heteroatoms. The van der Waals surface area contributed by atoms with Crippen molar-refractivity contribution in [2.24, 2.45) is 0 Å². The highest BCUT2D eigenvalue weighted by Crippen LogP contribution is 2.46. The van der Waals surface area contributed by atoms with E-state index in [4.69, 9.17) is 0 Å². The van der Waals surface area contributed by atoms with Gasteiger partial charge in [-0.3, -0.25) is 24.4 Å². The summed E-state index contributed by atoms with van der Waals surface area (Å²) in [6.45, 7) is 4.73. The van der Waals surface area contributed by atoms with Crippen molar-refractivity contribution in [3.63, 3.8) is 0 Å². The van der Waals surface area contributed by atoms with Crippen molar-refractivity contribution in [1.82, 2.24) is 20.1 Å². The molecular formula is C19H21Br2ClN4O2S. The number of hydrogen-bond donors (Lipinski definition) is 1.